The second-order valence-electron chi connectivity index (χ2n) is 15.2. The summed E-state index contributed by atoms with van der Waals surface area (Å²) >= 11 is 5.90. The Labute approximate surface area is 504 Å². The minimum atomic E-state index is -5.30. The Balaban J connectivity index is 0.00000205. The van der Waals surface area contributed by atoms with Gasteiger partial charge in [0.2, 0.25) is 17.2 Å². The van der Waals surface area contributed by atoms with E-state index in [0.29, 0.717) is 5.69 Å². The summed E-state index contributed by atoms with van der Waals surface area (Å²) in [4.78, 5) is 45.3. The number of nitrogens with one attached hydrogen (secondary N) is 2. The van der Waals surface area contributed by atoms with Gasteiger partial charge in [0.1, 0.15) is 30.4 Å². The first-order chi connectivity index (χ1) is 33.6. The van der Waals surface area contributed by atoms with Gasteiger partial charge in [0, 0.05) is 55.9 Å². The Kier molecular flexibility index (Phi) is 16.5. The summed E-state index contributed by atoms with van der Waals surface area (Å²) in [5, 5.41) is 2.24. The van der Waals surface area contributed by atoms with Crippen molar-refractivity contribution < 1.29 is 153 Å². The second-order valence-corrected chi connectivity index (χ2v) is 21.3. The fourth-order valence-electron chi connectivity index (χ4n) is 7.82. The molecule has 0 saturated carbocycles. The molecule has 2 aliphatic heterocycles. The fraction of sp³-hybridized carbons (Fsp3) is 0. The van der Waals surface area contributed by atoms with Crippen LogP contribution in [-0.4, -0.2) is 92.2 Å². The van der Waals surface area contributed by atoms with E-state index in [1.54, 1.807) is 6.07 Å². The number of fused-ring (bicyclic) bond motifs is 20. The summed E-state index contributed by atoms with van der Waals surface area (Å²) in [5.74, 6) is -1.48. The van der Waals surface area contributed by atoms with Crippen molar-refractivity contribution in [2.75, 3.05) is 15.8 Å². The third-order valence-electron chi connectivity index (χ3n) is 10.8. The number of nitrogens with two attached hydrogens (primary N) is 1. The Bertz CT molecular complexity index is 4530. The van der Waals surface area contributed by atoms with Crippen molar-refractivity contribution in [3.63, 3.8) is 0 Å². The smallest absolute Gasteiger partial charge is 0.744 e. The summed E-state index contributed by atoms with van der Waals surface area (Å²) in [5.41, 5.74) is 4.43. The Hall–Kier alpha value is -4.64. The van der Waals surface area contributed by atoms with E-state index in [4.69, 9.17) is 17.3 Å². The quantitative estimate of drug-likeness (QED) is 0.0945. The normalized spacial score (nSPS) is 12.1. The number of nitrogens with zero attached hydrogens (tertiary/aromatic N) is 11. The number of hydrogen-bond acceptors (Lipinski definition) is 22. The van der Waals surface area contributed by atoms with Gasteiger partial charge in [0.15, 0.2) is 0 Å². The molecule has 5 aromatic carbocycles. The molecular weight excluding hydrogens is 1160 g/mol. The van der Waals surface area contributed by atoms with Crippen molar-refractivity contribution in [2.45, 2.75) is 19.6 Å². The molecule has 8 bridgehead atoms. The molecule has 9 aromatic rings. The molecule has 0 amide bonds. The van der Waals surface area contributed by atoms with Crippen LogP contribution in [0.2, 0.25) is 5.28 Å². The zero-order chi connectivity index (χ0) is 49.9. The van der Waals surface area contributed by atoms with Crippen molar-refractivity contribution in [1.82, 2.24) is 54.8 Å². The van der Waals surface area contributed by atoms with E-state index in [0.717, 1.165) is 24.3 Å². The van der Waals surface area contributed by atoms with Gasteiger partial charge in [0.25, 0.3) is 10.0 Å². The molecule has 0 saturated heterocycles. The van der Waals surface area contributed by atoms with Gasteiger partial charge in [0.05, 0.1) is 48.6 Å². The standard InChI is InChI=1S/C41H23ClN14O11S4.Cu.3Na/c42-39-53-40(43)55-41(54-39)44-17-4-1-5-18(14-17)56-68(57,58)19-10-12-21-25(15-19)36-47-31(21)45-32-22-13-11-20(69(59,60)61)16-26(22)35(46-32)48-33-23-6-2-8-27(70(62,63)64)29(23)37(49-33)50-34-24-7-3-9-28(71(65,66)67)30(24)38(51-34)52-36;;;;/h1-16,56H,(H6-2,43,44,45,46,47,48,49,50,51,52,53,54,55,59,60,61,62,63,64,65,66,67);;;;/q-2;+2;3*+1/p-3. The number of nitrogen functional groups attached to an aromatic ring is 1. The van der Waals surface area contributed by atoms with E-state index < -0.39 is 66.5 Å². The molecule has 0 spiro atoms. The van der Waals surface area contributed by atoms with E-state index in [1.807, 2.05) is 0 Å². The molecule has 365 valence electrons. The molecule has 11 rings (SSSR count). The molecule has 75 heavy (non-hydrogen) atoms. The van der Waals surface area contributed by atoms with Crippen LogP contribution in [0.15, 0.2) is 117 Å². The molecule has 0 atom stereocenters. The number of benzene rings is 5. The summed E-state index contributed by atoms with van der Waals surface area (Å²) in [7, 11) is -20.1. The number of rotatable bonds is 8. The van der Waals surface area contributed by atoms with Gasteiger partial charge in [-0.2, -0.15) is 15.0 Å². The Morgan fingerprint density at radius 2 is 1.07 bits per heavy atom. The van der Waals surface area contributed by atoms with Gasteiger partial charge in [-0.1, -0.05) is 42.5 Å². The third kappa shape index (κ3) is 11.1. The maximum atomic E-state index is 14.1. The predicted molar refractivity (Wildman–Crippen MR) is 248 cm³/mol. The first-order valence-corrected chi connectivity index (χ1v) is 25.9. The van der Waals surface area contributed by atoms with Crippen LogP contribution in [0, 0.1) is 0 Å². The first-order valence-electron chi connectivity index (χ1n) is 19.8. The van der Waals surface area contributed by atoms with Crippen molar-refractivity contribution in [3.05, 3.63) is 102 Å². The first kappa shape index (κ1) is 58.1. The van der Waals surface area contributed by atoms with Gasteiger partial charge >= 0.3 is 106 Å². The molecule has 0 fully saturated rings. The van der Waals surface area contributed by atoms with Crippen LogP contribution < -0.4 is 114 Å². The number of aromatic nitrogens is 11. The SMILES string of the molecule is Nc1nc(Cl)nc(Nc2cccc(NS(=O)(=O)c3ccc4c(c3)-c3nc-4nc4[n-]c(nc5nc(nc6[n-]c(n3)c3c(S(=O)(=O)[O-])cccc63)-c3c-5cccc3S(=O)(=O)[O-])c3cc(S(=O)(=O)[O-])ccc43)c2)n1.[Cu+2].[Na+].[Na+].[Na+]. The third-order valence-corrected chi connectivity index (χ3v) is 14.9. The zero-order valence-electron chi connectivity index (χ0n) is 38.0. The molecule has 25 nitrogen and oxygen atoms in total. The van der Waals surface area contributed by atoms with Crippen LogP contribution in [0.5, 0.6) is 0 Å². The average Bonchev–Trinajstić information content (AvgIpc) is 4.03. The van der Waals surface area contributed by atoms with E-state index >= 15 is 0 Å². The molecule has 4 aromatic heterocycles. The molecule has 6 heterocycles. The molecule has 0 unspecified atom stereocenters. The van der Waals surface area contributed by atoms with Gasteiger partial charge in [-0.3, -0.25) is 4.72 Å². The molecule has 0 aliphatic carbocycles. The van der Waals surface area contributed by atoms with E-state index in [2.05, 4.69) is 64.9 Å². The monoisotopic (exact) mass is 1180 g/mol. The van der Waals surface area contributed by atoms with Gasteiger partial charge in [-0.15, -0.1) is 0 Å². The van der Waals surface area contributed by atoms with E-state index in [9.17, 15) is 47.3 Å². The zero-order valence-corrected chi connectivity index (χ0v) is 49.0. The molecular formula is C41H20ClCuN14Na3O11S4. The minimum absolute atomic E-state index is 0. The van der Waals surface area contributed by atoms with Crippen LogP contribution in [0.1, 0.15) is 0 Å². The maximum Gasteiger partial charge on any atom is 2.00 e. The minimum Gasteiger partial charge on any atom is -0.744 e. The van der Waals surface area contributed by atoms with Crippen molar-refractivity contribution in [2.24, 2.45) is 0 Å². The number of anilines is 4. The van der Waals surface area contributed by atoms with Crippen LogP contribution in [-0.2, 0) is 57.4 Å². The molecule has 34 heteroatoms. The van der Waals surface area contributed by atoms with Crippen molar-refractivity contribution in [3.8, 4) is 45.6 Å². The van der Waals surface area contributed by atoms with Crippen LogP contribution in [0.25, 0.3) is 89.7 Å². The molecule has 1 radical (unpaired) electrons. The van der Waals surface area contributed by atoms with Crippen LogP contribution in [0.3, 0.4) is 0 Å². The molecule has 4 N–H and O–H groups in total. The summed E-state index contributed by atoms with van der Waals surface area (Å²) in [6.07, 6.45) is 0. The van der Waals surface area contributed by atoms with E-state index in [1.165, 1.54) is 66.7 Å². The summed E-state index contributed by atoms with van der Waals surface area (Å²) in [6.45, 7) is 0. The number of halogens is 1. The largest absolute Gasteiger partial charge is 2.00 e. The van der Waals surface area contributed by atoms with Crippen molar-refractivity contribution in [1.29, 1.82) is 0 Å². The van der Waals surface area contributed by atoms with Crippen LogP contribution >= 0.6 is 11.6 Å². The maximum absolute atomic E-state index is 14.1. The van der Waals surface area contributed by atoms with E-state index in [-0.39, 0.29) is 212 Å². The van der Waals surface area contributed by atoms with Crippen molar-refractivity contribution >= 4 is 119 Å². The Morgan fingerprint density at radius 1 is 0.493 bits per heavy atom. The second kappa shape index (κ2) is 21.3. The number of hydrogen-bond donors (Lipinski definition) is 3. The average molecular weight is 1180 g/mol. The van der Waals surface area contributed by atoms with Gasteiger partial charge in [-0.25, -0.2) is 43.6 Å². The summed E-state index contributed by atoms with van der Waals surface area (Å²) < 4.78 is 144. The molecule has 2 aliphatic rings. The Morgan fingerprint density at radius 3 is 1.77 bits per heavy atom. The number of sulfonamides is 1. The van der Waals surface area contributed by atoms with Gasteiger partial charge in [-0.05, 0) is 82.4 Å². The summed E-state index contributed by atoms with van der Waals surface area (Å²) in [6, 6.07) is 20.1. The predicted octanol–water partition coefficient (Wildman–Crippen LogP) is -5.19. The van der Waals surface area contributed by atoms with Crippen LogP contribution in [0.4, 0.5) is 23.3 Å². The fourth-order valence-corrected chi connectivity index (χ4v) is 10.9. The topological polar surface area (TPSA) is 400 Å². The van der Waals surface area contributed by atoms with Gasteiger partial charge < -0.3 is 54.6 Å².